The van der Waals surface area contributed by atoms with Crippen LogP contribution in [0.15, 0.2) is 54.7 Å². The molecule has 0 atom stereocenters. The van der Waals surface area contributed by atoms with Gasteiger partial charge < -0.3 is 14.8 Å². The Morgan fingerprint density at radius 3 is 2.62 bits per heavy atom. The third kappa shape index (κ3) is 3.83. The third-order valence-corrected chi connectivity index (χ3v) is 3.86. The van der Waals surface area contributed by atoms with Crippen LogP contribution in [0.2, 0.25) is 0 Å². The summed E-state index contributed by atoms with van der Waals surface area (Å²) in [4.78, 5) is 11.9. The minimum absolute atomic E-state index is 0.115. The van der Waals surface area contributed by atoms with Crippen LogP contribution >= 0.6 is 0 Å². The molecule has 0 bridgehead atoms. The molecule has 0 fully saturated rings. The normalized spacial score (nSPS) is 10.4. The van der Waals surface area contributed by atoms with E-state index in [4.69, 9.17) is 9.47 Å². The monoisotopic (exact) mass is 355 g/mol. The highest BCUT2D eigenvalue weighted by atomic mass is 19.1. The Balaban J connectivity index is 1.84. The molecule has 0 amide bonds. The molecule has 3 aromatic rings. The molecular formula is C19H18FN3O3. The minimum Gasteiger partial charge on any atom is -0.497 e. The van der Waals surface area contributed by atoms with Crippen molar-refractivity contribution in [2.24, 2.45) is 0 Å². The average Bonchev–Trinajstić information content (AvgIpc) is 3.09. The molecule has 0 saturated heterocycles. The van der Waals surface area contributed by atoms with Crippen molar-refractivity contribution < 1.29 is 18.7 Å². The maximum absolute atomic E-state index is 13.5. The second-order valence-corrected chi connectivity index (χ2v) is 5.53. The summed E-state index contributed by atoms with van der Waals surface area (Å²) in [7, 11) is 2.87. The zero-order valence-corrected chi connectivity index (χ0v) is 14.4. The van der Waals surface area contributed by atoms with Crippen molar-refractivity contribution in [2.45, 2.75) is 6.54 Å². The highest BCUT2D eigenvalue weighted by molar-refractivity contribution is 5.96. The van der Waals surface area contributed by atoms with Crippen LogP contribution in [0.4, 0.5) is 15.9 Å². The molecule has 26 heavy (non-hydrogen) atoms. The second-order valence-electron chi connectivity index (χ2n) is 5.53. The summed E-state index contributed by atoms with van der Waals surface area (Å²) in [6.45, 7) is 0.522. The van der Waals surface area contributed by atoms with E-state index in [9.17, 15) is 9.18 Å². The number of esters is 1. The Morgan fingerprint density at radius 2 is 1.92 bits per heavy atom. The number of rotatable bonds is 6. The minimum atomic E-state index is -0.617. The van der Waals surface area contributed by atoms with Gasteiger partial charge in [-0.15, -0.1) is 0 Å². The van der Waals surface area contributed by atoms with Gasteiger partial charge in [-0.1, -0.05) is 12.1 Å². The Bertz CT molecular complexity index is 907. The molecule has 0 spiro atoms. The molecule has 134 valence electrons. The van der Waals surface area contributed by atoms with Crippen molar-refractivity contribution >= 4 is 17.5 Å². The molecule has 0 aliphatic rings. The topological polar surface area (TPSA) is 65.4 Å². The van der Waals surface area contributed by atoms with Gasteiger partial charge in [0.2, 0.25) is 0 Å². The summed E-state index contributed by atoms with van der Waals surface area (Å²) in [5.74, 6) is 0.315. The third-order valence-electron chi connectivity index (χ3n) is 3.86. The van der Waals surface area contributed by atoms with Gasteiger partial charge in [-0.3, -0.25) is 0 Å². The molecule has 2 aromatic carbocycles. The van der Waals surface area contributed by atoms with E-state index in [-0.39, 0.29) is 5.56 Å². The zero-order valence-electron chi connectivity index (χ0n) is 14.4. The number of carbonyl (C=O) groups excluding carboxylic acids is 1. The van der Waals surface area contributed by atoms with Crippen molar-refractivity contribution in [3.63, 3.8) is 0 Å². The summed E-state index contributed by atoms with van der Waals surface area (Å²) in [6, 6.07) is 13.3. The summed E-state index contributed by atoms with van der Waals surface area (Å²) in [5.41, 5.74) is 1.59. The predicted octanol–water partition coefficient (Wildman–Crippen LogP) is 3.61. The first kappa shape index (κ1) is 17.5. The number of nitrogens with zero attached hydrogens (tertiary/aromatic N) is 2. The molecule has 0 unspecified atom stereocenters. The van der Waals surface area contributed by atoms with Crippen LogP contribution in [0.25, 0.3) is 0 Å². The van der Waals surface area contributed by atoms with E-state index in [1.807, 2.05) is 24.3 Å². The number of aromatic nitrogens is 2. The van der Waals surface area contributed by atoms with E-state index in [0.29, 0.717) is 18.1 Å². The molecule has 1 N–H and O–H groups in total. The zero-order chi connectivity index (χ0) is 18.5. The van der Waals surface area contributed by atoms with Crippen LogP contribution in [0.3, 0.4) is 0 Å². The summed E-state index contributed by atoms with van der Waals surface area (Å²) < 4.78 is 25.1. The van der Waals surface area contributed by atoms with E-state index in [1.165, 1.54) is 19.2 Å². The van der Waals surface area contributed by atoms with Crippen LogP contribution in [0.1, 0.15) is 15.9 Å². The van der Waals surface area contributed by atoms with Gasteiger partial charge in [0.15, 0.2) is 0 Å². The Morgan fingerprint density at radius 1 is 1.15 bits per heavy atom. The maximum Gasteiger partial charge on any atom is 0.340 e. The largest absolute Gasteiger partial charge is 0.497 e. The molecule has 0 saturated carbocycles. The molecule has 1 heterocycles. The average molecular weight is 355 g/mol. The lowest BCUT2D eigenvalue weighted by molar-refractivity contribution is 0.0601. The summed E-state index contributed by atoms with van der Waals surface area (Å²) in [5, 5.41) is 7.41. The number of carbonyl (C=O) groups is 1. The maximum atomic E-state index is 13.5. The fraction of sp³-hybridized carbons (Fsp3) is 0.158. The smallest absolute Gasteiger partial charge is 0.340 e. The molecule has 3 rings (SSSR count). The van der Waals surface area contributed by atoms with E-state index in [1.54, 1.807) is 24.1 Å². The van der Waals surface area contributed by atoms with Gasteiger partial charge in [-0.2, -0.15) is 5.10 Å². The molecule has 0 aliphatic carbocycles. The van der Waals surface area contributed by atoms with Crippen molar-refractivity contribution in [2.75, 3.05) is 19.5 Å². The lowest BCUT2D eigenvalue weighted by atomic mass is 10.1. The lowest BCUT2D eigenvalue weighted by Crippen LogP contribution is -2.10. The van der Waals surface area contributed by atoms with Gasteiger partial charge in [0, 0.05) is 6.07 Å². The van der Waals surface area contributed by atoms with Crippen molar-refractivity contribution in [1.29, 1.82) is 0 Å². The van der Waals surface area contributed by atoms with Gasteiger partial charge >= 0.3 is 5.97 Å². The first-order valence-corrected chi connectivity index (χ1v) is 7.90. The summed E-state index contributed by atoms with van der Waals surface area (Å²) >= 11 is 0. The van der Waals surface area contributed by atoms with Crippen LogP contribution in [0.5, 0.6) is 5.75 Å². The fourth-order valence-electron chi connectivity index (χ4n) is 2.51. The van der Waals surface area contributed by atoms with Gasteiger partial charge in [0.25, 0.3) is 0 Å². The molecule has 0 radical (unpaired) electrons. The van der Waals surface area contributed by atoms with Crippen molar-refractivity contribution in [1.82, 2.24) is 9.78 Å². The number of methoxy groups -OCH3 is 2. The Hall–Kier alpha value is -3.35. The molecule has 7 heteroatoms. The summed E-state index contributed by atoms with van der Waals surface area (Å²) in [6.07, 6.45) is 1.65. The number of halogens is 1. The number of anilines is 2. The molecular weight excluding hydrogens is 337 g/mol. The molecule has 1 aromatic heterocycles. The highest BCUT2D eigenvalue weighted by Gasteiger charge is 2.14. The number of ether oxygens (including phenoxy) is 2. The first-order chi connectivity index (χ1) is 12.6. The van der Waals surface area contributed by atoms with Gasteiger partial charge in [-0.05, 0) is 35.9 Å². The SMILES string of the molecule is COC(=O)c1cc(F)ccc1Nc1ccnn1Cc1ccc(OC)cc1. The number of hydrogen-bond acceptors (Lipinski definition) is 5. The van der Waals surface area contributed by atoms with E-state index in [0.717, 1.165) is 17.4 Å². The number of nitrogens with one attached hydrogen (secondary N) is 1. The number of hydrogen-bond donors (Lipinski definition) is 1. The quantitative estimate of drug-likeness (QED) is 0.684. The second kappa shape index (κ2) is 7.69. The van der Waals surface area contributed by atoms with E-state index in [2.05, 4.69) is 10.4 Å². The predicted molar refractivity (Wildman–Crippen MR) is 95.3 cm³/mol. The van der Waals surface area contributed by atoms with Crippen molar-refractivity contribution in [3.8, 4) is 5.75 Å². The van der Waals surface area contributed by atoms with E-state index >= 15 is 0 Å². The van der Waals surface area contributed by atoms with Crippen molar-refractivity contribution in [3.05, 3.63) is 71.7 Å². The Kier molecular flexibility index (Phi) is 5.17. The molecule has 0 aliphatic heterocycles. The number of benzene rings is 2. The van der Waals surface area contributed by atoms with Gasteiger partial charge in [0.05, 0.1) is 38.2 Å². The van der Waals surface area contributed by atoms with Gasteiger partial charge in [-0.25, -0.2) is 13.9 Å². The van der Waals surface area contributed by atoms with Crippen LogP contribution in [-0.2, 0) is 11.3 Å². The van der Waals surface area contributed by atoms with Crippen LogP contribution < -0.4 is 10.1 Å². The highest BCUT2D eigenvalue weighted by Crippen LogP contribution is 2.23. The van der Waals surface area contributed by atoms with E-state index < -0.39 is 11.8 Å². The fourth-order valence-corrected chi connectivity index (χ4v) is 2.51. The molecule has 6 nitrogen and oxygen atoms in total. The standard InChI is InChI=1S/C19H18FN3O3/c1-25-15-6-3-13(4-7-15)12-23-18(9-10-21-23)22-17-8-5-14(20)11-16(17)19(24)26-2/h3-11,22H,12H2,1-2H3. The van der Waals surface area contributed by atoms with Gasteiger partial charge in [0.1, 0.15) is 17.4 Å². The lowest BCUT2D eigenvalue weighted by Gasteiger charge is -2.13. The Labute approximate surface area is 150 Å². The van der Waals surface area contributed by atoms with Crippen LogP contribution in [-0.4, -0.2) is 30.0 Å². The first-order valence-electron chi connectivity index (χ1n) is 7.90. The van der Waals surface area contributed by atoms with Crippen LogP contribution in [0, 0.1) is 5.82 Å².